The third-order valence-electron chi connectivity index (χ3n) is 4.57. The first-order valence-electron chi connectivity index (χ1n) is 8.56. The number of hydrogen-bond acceptors (Lipinski definition) is 4. The van der Waals surface area contributed by atoms with Gasteiger partial charge >= 0.3 is 0 Å². The zero-order chi connectivity index (χ0) is 17.2. The summed E-state index contributed by atoms with van der Waals surface area (Å²) >= 11 is 0. The first-order valence-corrected chi connectivity index (χ1v) is 8.56. The van der Waals surface area contributed by atoms with Gasteiger partial charge in [0, 0.05) is 19.0 Å². The van der Waals surface area contributed by atoms with Gasteiger partial charge in [-0.05, 0) is 37.1 Å². The zero-order valence-electron chi connectivity index (χ0n) is 13.9. The predicted octanol–water partition coefficient (Wildman–Crippen LogP) is 2.59. The van der Waals surface area contributed by atoms with E-state index in [9.17, 15) is 9.59 Å². The Morgan fingerprint density at radius 2 is 2.04 bits per heavy atom. The van der Waals surface area contributed by atoms with Crippen LogP contribution >= 0.6 is 0 Å². The lowest BCUT2D eigenvalue weighted by Gasteiger charge is -2.30. The summed E-state index contributed by atoms with van der Waals surface area (Å²) in [5.74, 6) is 1.41. The molecule has 1 aliphatic heterocycles. The largest absolute Gasteiger partial charge is 0.482 e. The Kier molecular flexibility index (Phi) is 4.17. The van der Waals surface area contributed by atoms with Crippen LogP contribution in [-0.2, 0) is 16.1 Å². The third kappa shape index (κ3) is 3.38. The first kappa shape index (κ1) is 15.7. The molecule has 1 aliphatic carbocycles. The summed E-state index contributed by atoms with van der Waals surface area (Å²) in [6, 6.07) is 11.4. The molecule has 6 nitrogen and oxygen atoms in total. The Labute approximate surface area is 146 Å². The number of fused-ring (bicyclic) bond motifs is 1. The molecule has 2 aromatic rings. The van der Waals surface area contributed by atoms with E-state index in [4.69, 9.17) is 9.15 Å². The Morgan fingerprint density at radius 1 is 1.20 bits per heavy atom. The number of amides is 2. The molecule has 0 bridgehead atoms. The molecule has 1 fully saturated rings. The summed E-state index contributed by atoms with van der Waals surface area (Å²) in [4.78, 5) is 28.4. The summed E-state index contributed by atoms with van der Waals surface area (Å²) in [7, 11) is 0. The molecule has 1 saturated carbocycles. The molecule has 0 radical (unpaired) electrons. The van der Waals surface area contributed by atoms with Gasteiger partial charge in [0.2, 0.25) is 5.91 Å². The van der Waals surface area contributed by atoms with E-state index in [1.165, 1.54) is 0 Å². The second-order valence-corrected chi connectivity index (χ2v) is 6.38. The number of carbonyl (C=O) groups excluding carboxylic acids is 2. The minimum atomic E-state index is -0.115. The van der Waals surface area contributed by atoms with Crippen molar-refractivity contribution in [2.75, 3.05) is 18.1 Å². The lowest BCUT2D eigenvalue weighted by Crippen LogP contribution is -2.42. The van der Waals surface area contributed by atoms with Crippen LogP contribution in [0.2, 0.25) is 0 Å². The van der Waals surface area contributed by atoms with E-state index < -0.39 is 0 Å². The molecule has 130 valence electrons. The Morgan fingerprint density at radius 3 is 2.80 bits per heavy atom. The highest BCUT2D eigenvalue weighted by Crippen LogP contribution is 2.32. The SMILES string of the molecule is O=C1COc2ccccc2N1CCC(=O)N(Cc1ccco1)C1CC1. The average Bonchev–Trinajstić information content (AvgIpc) is 3.34. The molecule has 0 N–H and O–H groups in total. The highest BCUT2D eigenvalue weighted by Gasteiger charge is 2.34. The normalized spacial score (nSPS) is 16.3. The van der Waals surface area contributed by atoms with Gasteiger partial charge in [-0.15, -0.1) is 0 Å². The molecule has 6 heteroatoms. The molecule has 2 aliphatic rings. The molecule has 4 rings (SSSR count). The monoisotopic (exact) mass is 340 g/mol. The van der Waals surface area contributed by atoms with Crippen molar-refractivity contribution in [2.24, 2.45) is 0 Å². The molecular formula is C19H20N2O4. The van der Waals surface area contributed by atoms with Crippen molar-refractivity contribution in [1.82, 2.24) is 4.90 Å². The average molecular weight is 340 g/mol. The standard InChI is InChI=1S/C19H20N2O4/c22-18(21(14-7-8-14)12-15-4-3-11-24-15)9-10-20-16-5-1-2-6-17(16)25-13-19(20)23/h1-6,11,14H,7-10,12-13H2. The van der Waals surface area contributed by atoms with Crippen LogP contribution in [0.15, 0.2) is 47.1 Å². The van der Waals surface area contributed by atoms with E-state index in [2.05, 4.69) is 0 Å². The van der Waals surface area contributed by atoms with E-state index >= 15 is 0 Å². The van der Waals surface area contributed by atoms with Crippen molar-refractivity contribution in [3.63, 3.8) is 0 Å². The fourth-order valence-corrected chi connectivity index (χ4v) is 3.13. The maximum absolute atomic E-state index is 12.7. The van der Waals surface area contributed by atoms with Gasteiger partial charge in [-0.2, -0.15) is 0 Å². The van der Waals surface area contributed by atoms with Gasteiger partial charge < -0.3 is 19.0 Å². The smallest absolute Gasteiger partial charge is 0.265 e. The van der Waals surface area contributed by atoms with Gasteiger partial charge in [0.1, 0.15) is 11.5 Å². The number of furan rings is 1. The van der Waals surface area contributed by atoms with E-state index in [-0.39, 0.29) is 24.8 Å². The lowest BCUT2D eigenvalue weighted by molar-refractivity contribution is -0.132. The van der Waals surface area contributed by atoms with Gasteiger partial charge in [0.25, 0.3) is 5.91 Å². The van der Waals surface area contributed by atoms with Crippen LogP contribution < -0.4 is 9.64 Å². The summed E-state index contributed by atoms with van der Waals surface area (Å²) in [6.07, 6.45) is 3.98. The molecule has 0 saturated heterocycles. The van der Waals surface area contributed by atoms with Crippen LogP contribution in [-0.4, -0.2) is 35.9 Å². The maximum atomic E-state index is 12.7. The fourth-order valence-electron chi connectivity index (χ4n) is 3.13. The zero-order valence-corrected chi connectivity index (χ0v) is 13.9. The number of carbonyl (C=O) groups is 2. The fraction of sp³-hybridized carbons (Fsp3) is 0.368. The highest BCUT2D eigenvalue weighted by atomic mass is 16.5. The van der Waals surface area contributed by atoms with Crippen molar-refractivity contribution in [2.45, 2.75) is 31.8 Å². The molecule has 25 heavy (non-hydrogen) atoms. The van der Waals surface area contributed by atoms with Crippen LogP contribution in [0.25, 0.3) is 0 Å². The third-order valence-corrected chi connectivity index (χ3v) is 4.57. The van der Waals surface area contributed by atoms with Crippen LogP contribution in [0.1, 0.15) is 25.0 Å². The molecule has 0 atom stereocenters. The minimum Gasteiger partial charge on any atom is -0.482 e. The van der Waals surface area contributed by atoms with Crippen LogP contribution in [0.5, 0.6) is 5.75 Å². The second kappa shape index (κ2) is 6.63. The van der Waals surface area contributed by atoms with Gasteiger partial charge in [-0.25, -0.2) is 0 Å². The first-order chi connectivity index (χ1) is 12.2. The number of anilines is 1. The number of para-hydroxylation sites is 2. The number of benzene rings is 1. The Balaban J connectivity index is 1.43. The number of ether oxygens (including phenoxy) is 1. The van der Waals surface area contributed by atoms with Gasteiger partial charge in [-0.3, -0.25) is 9.59 Å². The quantitative estimate of drug-likeness (QED) is 0.811. The van der Waals surface area contributed by atoms with Crippen LogP contribution in [0.3, 0.4) is 0 Å². The summed E-state index contributed by atoms with van der Waals surface area (Å²) in [6.45, 7) is 0.869. The number of rotatable bonds is 6. The molecule has 0 unspecified atom stereocenters. The Bertz CT molecular complexity index is 767. The van der Waals surface area contributed by atoms with E-state index in [1.807, 2.05) is 41.3 Å². The molecule has 2 amide bonds. The van der Waals surface area contributed by atoms with Crippen LogP contribution in [0.4, 0.5) is 5.69 Å². The topological polar surface area (TPSA) is 63.0 Å². The van der Waals surface area contributed by atoms with Crippen molar-refractivity contribution in [3.05, 3.63) is 48.4 Å². The summed E-state index contributed by atoms with van der Waals surface area (Å²) < 4.78 is 10.8. The van der Waals surface area contributed by atoms with Gasteiger partial charge in [0.15, 0.2) is 6.61 Å². The number of nitrogens with zero attached hydrogens (tertiary/aromatic N) is 2. The Hall–Kier alpha value is -2.76. The molecule has 1 aromatic heterocycles. The van der Waals surface area contributed by atoms with Crippen molar-refractivity contribution in [1.29, 1.82) is 0 Å². The van der Waals surface area contributed by atoms with E-state index in [1.54, 1.807) is 11.2 Å². The molecule has 2 heterocycles. The lowest BCUT2D eigenvalue weighted by atomic mass is 10.2. The van der Waals surface area contributed by atoms with Gasteiger partial charge in [-0.1, -0.05) is 12.1 Å². The van der Waals surface area contributed by atoms with E-state index in [0.717, 1.165) is 24.3 Å². The second-order valence-electron chi connectivity index (χ2n) is 6.38. The minimum absolute atomic E-state index is 0.0178. The molecule has 0 spiro atoms. The van der Waals surface area contributed by atoms with Crippen molar-refractivity contribution < 1.29 is 18.7 Å². The summed E-state index contributed by atoms with van der Waals surface area (Å²) in [5.41, 5.74) is 0.732. The van der Waals surface area contributed by atoms with Gasteiger partial charge in [0.05, 0.1) is 18.5 Å². The predicted molar refractivity (Wildman–Crippen MR) is 91.2 cm³/mol. The maximum Gasteiger partial charge on any atom is 0.265 e. The molecular weight excluding hydrogens is 320 g/mol. The van der Waals surface area contributed by atoms with Crippen molar-refractivity contribution in [3.8, 4) is 5.75 Å². The summed E-state index contributed by atoms with van der Waals surface area (Å²) in [5, 5.41) is 0. The van der Waals surface area contributed by atoms with E-state index in [0.29, 0.717) is 24.9 Å². The highest BCUT2D eigenvalue weighted by molar-refractivity contribution is 5.98. The van der Waals surface area contributed by atoms with Crippen molar-refractivity contribution >= 4 is 17.5 Å². The number of hydrogen-bond donors (Lipinski definition) is 0. The van der Waals surface area contributed by atoms with Crippen LogP contribution in [0, 0.1) is 0 Å². The molecule has 1 aromatic carbocycles.